The van der Waals surface area contributed by atoms with E-state index >= 15 is 0 Å². The second-order valence-electron chi connectivity index (χ2n) is 0.932. The van der Waals surface area contributed by atoms with E-state index in [1.54, 1.807) is 0 Å². The summed E-state index contributed by atoms with van der Waals surface area (Å²) in [7, 11) is -0.626. The fourth-order valence-corrected chi connectivity index (χ4v) is 2.62. The van der Waals surface area contributed by atoms with Crippen LogP contribution in [0.25, 0.3) is 0 Å². The van der Waals surface area contributed by atoms with Gasteiger partial charge in [0.25, 0.3) is 20.6 Å². The van der Waals surface area contributed by atoms with E-state index < -0.39 is 31.0 Å². The lowest BCUT2D eigenvalue weighted by Crippen LogP contribution is -2.08. The van der Waals surface area contributed by atoms with E-state index in [0.717, 1.165) is 0 Å². The van der Waals surface area contributed by atoms with Gasteiger partial charge in [-0.05, 0) is 0 Å². The minimum Gasteiger partial charge on any atom is -0.210 e. The Morgan fingerprint density at radius 1 is 1.00 bits per heavy atom. The lowest BCUT2D eigenvalue weighted by atomic mass is 15.8. The van der Waals surface area contributed by atoms with Gasteiger partial charge < -0.3 is 0 Å². The Labute approximate surface area is 76.4 Å². The highest BCUT2D eigenvalue weighted by molar-refractivity contribution is 8.13. The third kappa shape index (κ3) is 7.12. The Balaban J connectivity index is 4.25. The van der Waals surface area contributed by atoms with Crippen LogP contribution in [0.1, 0.15) is 0 Å². The van der Waals surface area contributed by atoms with E-state index in [0.29, 0.717) is 0 Å². The minimum absolute atomic E-state index is 2.59. The maximum absolute atomic E-state index is 10.3. The molecule has 0 saturated carbocycles. The van der Waals surface area contributed by atoms with Gasteiger partial charge in [0.05, 0.1) is 0 Å². The maximum Gasteiger partial charge on any atom is 0.427 e. The molecule has 0 radical (unpaired) electrons. The van der Waals surface area contributed by atoms with Crippen LogP contribution in [0, 0.1) is 0 Å². The average Bonchev–Trinajstić information content (AvgIpc) is 1.53. The molecule has 0 N–H and O–H groups in total. The fourth-order valence-electron chi connectivity index (χ4n) is 0.142. The summed E-state index contributed by atoms with van der Waals surface area (Å²) >= 11 is 0. The molecule has 2 unspecified atom stereocenters. The quantitative estimate of drug-likeness (QED) is 0.658. The van der Waals surface area contributed by atoms with E-state index in [2.05, 4.69) is 28.6 Å². The predicted octanol–water partition coefficient (Wildman–Crippen LogP) is -0.101. The summed E-state index contributed by atoms with van der Waals surface area (Å²) in [6.07, 6.45) is 0. The van der Waals surface area contributed by atoms with Crippen LogP contribution in [-0.2, 0) is 38.2 Å². The van der Waals surface area contributed by atoms with Crippen molar-refractivity contribution in [3.63, 3.8) is 0 Å². The molecule has 0 rings (SSSR count). The van der Waals surface area contributed by atoms with Crippen molar-refractivity contribution < 1.29 is 24.1 Å². The number of hydrogen-bond acceptors (Lipinski definition) is 6. The molecule has 0 heterocycles. The van der Waals surface area contributed by atoms with Crippen LogP contribution in [0.15, 0.2) is 0 Å². The maximum atomic E-state index is 10.3. The van der Waals surface area contributed by atoms with Crippen molar-refractivity contribution in [1.82, 2.24) is 0 Å². The van der Waals surface area contributed by atoms with Crippen molar-refractivity contribution >= 4 is 52.4 Å². The van der Waals surface area contributed by atoms with Gasteiger partial charge in [-0.15, -0.1) is 7.26 Å². The Morgan fingerprint density at radius 3 is 1.45 bits per heavy atom. The average molecular weight is 263 g/mol. The van der Waals surface area contributed by atoms with Gasteiger partial charge >= 0.3 is 10.4 Å². The van der Waals surface area contributed by atoms with E-state index in [4.69, 9.17) is 0 Å². The SMILES string of the molecule is O=S(Cl)OS(=O)(=O)OS(=O)Cl. The molecule has 0 spiro atoms. The highest BCUT2D eigenvalue weighted by atomic mass is 35.7. The molecule has 11 heteroatoms. The predicted molar refractivity (Wildman–Crippen MR) is 39.1 cm³/mol. The molecule has 0 aliphatic rings. The van der Waals surface area contributed by atoms with E-state index in [-0.39, 0.29) is 0 Å². The minimum atomic E-state index is -4.64. The monoisotopic (exact) mass is 262 g/mol. The molecule has 0 aromatic carbocycles. The smallest absolute Gasteiger partial charge is 0.210 e. The topological polar surface area (TPSA) is 86.7 Å². The van der Waals surface area contributed by atoms with Crippen molar-refractivity contribution in [2.24, 2.45) is 0 Å². The van der Waals surface area contributed by atoms with Crippen LogP contribution in [0.5, 0.6) is 0 Å². The van der Waals surface area contributed by atoms with Crippen LogP contribution >= 0.6 is 21.4 Å². The first-order chi connectivity index (χ1) is 4.83. The van der Waals surface area contributed by atoms with Crippen molar-refractivity contribution in [1.29, 1.82) is 0 Å². The summed E-state index contributed by atoms with van der Waals surface area (Å²) in [6, 6.07) is 0. The molecule has 0 aliphatic heterocycles. The first-order valence-corrected chi connectivity index (χ1v) is 6.78. The van der Waals surface area contributed by atoms with Crippen LogP contribution in [0.2, 0.25) is 0 Å². The van der Waals surface area contributed by atoms with Gasteiger partial charge in [-0.3, -0.25) is 0 Å². The fraction of sp³-hybridized carbons (Fsp3) is 0. The summed E-state index contributed by atoms with van der Waals surface area (Å²) in [5.41, 5.74) is 0. The summed E-state index contributed by atoms with van der Waals surface area (Å²) in [5, 5.41) is 0. The van der Waals surface area contributed by atoms with E-state index in [1.807, 2.05) is 0 Å². The van der Waals surface area contributed by atoms with Crippen LogP contribution in [0.4, 0.5) is 0 Å². The first kappa shape index (κ1) is 11.8. The van der Waals surface area contributed by atoms with Gasteiger partial charge in [-0.2, -0.15) is 8.42 Å². The summed E-state index contributed by atoms with van der Waals surface area (Å²) in [4.78, 5) is 0. The van der Waals surface area contributed by atoms with Gasteiger partial charge in [0, 0.05) is 21.4 Å². The standard InChI is InChI=1S/Cl2O6S3/c1-9(3)7-11(5,6)8-10(2)4. The Morgan fingerprint density at radius 2 is 1.27 bits per heavy atom. The zero-order valence-corrected chi connectivity index (χ0v) is 8.39. The molecule has 0 aliphatic carbocycles. The molecule has 68 valence electrons. The van der Waals surface area contributed by atoms with Gasteiger partial charge in [-0.25, -0.2) is 8.42 Å². The van der Waals surface area contributed by atoms with Gasteiger partial charge in [0.1, 0.15) is 0 Å². The second kappa shape index (κ2) is 4.70. The Bertz CT molecular complexity index is 242. The zero-order chi connectivity index (χ0) is 9.07. The zero-order valence-electron chi connectivity index (χ0n) is 4.43. The molecule has 6 nitrogen and oxygen atoms in total. The van der Waals surface area contributed by atoms with E-state index in [9.17, 15) is 16.8 Å². The van der Waals surface area contributed by atoms with Crippen LogP contribution < -0.4 is 0 Å². The third-order valence-corrected chi connectivity index (χ3v) is 3.39. The Kier molecular flexibility index (Phi) is 5.02. The molecule has 0 aromatic rings. The number of rotatable bonds is 4. The largest absolute Gasteiger partial charge is 0.427 e. The molecule has 0 fully saturated rings. The summed E-state index contributed by atoms with van der Waals surface area (Å²) in [6.45, 7) is 0. The molecule has 0 saturated heterocycles. The highest BCUT2D eigenvalue weighted by Gasteiger charge is 2.19. The lowest BCUT2D eigenvalue weighted by Gasteiger charge is -1.94. The van der Waals surface area contributed by atoms with E-state index in [1.165, 1.54) is 0 Å². The summed E-state index contributed by atoms with van der Waals surface area (Å²) < 4.78 is 47.2. The van der Waals surface area contributed by atoms with Gasteiger partial charge in [0.2, 0.25) is 0 Å². The molecule has 2 atom stereocenters. The lowest BCUT2D eigenvalue weighted by molar-refractivity contribution is 0.422. The molecular weight excluding hydrogens is 263 g/mol. The first-order valence-electron chi connectivity index (χ1n) is 1.64. The number of hydrogen-bond donors (Lipinski definition) is 0. The molecule has 0 amide bonds. The van der Waals surface area contributed by atoms with Crippen molar-refractivity contribution in [3.8, 4) is 0 Å². The molecular formula is Cl2O6S3. The normalized spacial score (nSPS) is 17.6. The molecule has 11 heavy (non-hydrogen) atoms. The summed E-state index contributed by atoms with van der Waals surface area (Å²) in [5.74, 6) is 0. The van der Waals surface area contributed by atoms with Crippen molar-refractivity contribution in [2.45, 2.75) is 0 Å². The second-order valence-corrected chi connectivity index (χ2v) is 5.13. The highest BCUT2D eigenvalue weighted by Crippen LogP contribution is 2.06. The molecule has 0 bridgehead atoms. The third-order valence-electron chi connectivity index (χ3n) is 0.274. The molecule has 0 aromatic heterocycles. The van der Waals surface area contributed by atoms with Crippen molar-refractivity contribution in [3.05, 3.63) is 0 Å². The van der Waals surface area contributed by atoms with Crippen LogP contribution in [-0.4, -0.2) is 16.8 Å². The van der Waals surface area contributed by atoms with Gasteiger partial charge in [-0.1, -0.05) is 0 Å². The van der Waals surface area contributed by atoms with Crippen LogP contribution in [0.3, 0.4) is 0 Å². The Hall–Kier alpha value is 0.750. The van der Waals surface area contributed by atoms with Gasteiger partial charge in [0.15, 0.2) is 0 Å². The van der Waals surface area contributed by atoms with Crippen molar-refractivity contribution in [2.75, 3.05) is 0 Å². The number of halogens is 2.